The van der Waals surface area contributed by atoms with Crippen LogP contribution in [-0.2, 0) is 46.5 Å². The van der Waals surface area contributed by atoms with Crippen molar-refractivity contribution < 1.29 is 33.5 Å². The Morgan fingerprint density at radius 1 is 0.976 bits per heavy atom. The number of nitrogens with zero attached hydrogens (tertiary/aromatic N) is 1. The summed E-state index contributed by atoms with van der Waals surface area (Å²) >= 11 is 0. The van der Waals surface area contributed by atoms with Crippen molar-refractivity contribution in [3.05, 3.63) is 41.5 Å². The van der Waals surface area contributed by atoms with Gasteiger partial charge >= 0.3 is 5.97 Å². The SMILES string of the molecule is CCCCc1cc(NC(=O)[C@H](C)CC(=O)C(NC(=O)CN2C(=O)C=CC2=O)C(C)C)ccc1COC(=O)C(C)(C)C. The normalized spacial score (nSPS) is 14.7. The highest BCUT2D eigenvalue weighted by atomic mass is 16.5. The number of hydrogen-bond acceptors (Lipinski definition) is 7. The molecule has 1 unspecified atom stereocenters. The largest absolute Gasteiger partial charge is 0.460 e. The molecule has 0 aliphatic carbocycles. The van der Waals surface area contributed by atoms with Crippen molar-refractivity contribution in [2.75, 3.05) is 11.9 Å². The van der Waals surface area contributed by atoms with E-state index in [2.05, 4.69) is 17.6 Å². The van der Waals surface area contributed by atoms with Crippen molar-refractivity contribution >= 4 is 41.1 Å². The third-order valence-electron chi connectivity index (χ3n) is 6.73. The summed E-state index contributed by atoms with van der Waals surface area (Å²) in [7, 11) is 0. The zero-order chi connectivity index (χ0) is 30.9. The molecule has 0 saturated carbocycles. The molecule has 4 amide bonds. The minimum absolute atomic E-state index is 0.110. The number of carbonyl (C=O) groups excluding carboxylic acids is 6. The second-order valence-corrected chi connectivity index (χ2v) is 11.9. The van der Waals surface area contributed by atoms with Crippen LogP contribution in [0.1, 0.15) is 78.9 Å². The van der Waals surface area contributed by atoms with Crippen LogP contribution in [0.25, 0.3) is 0 Å². The zero-order valence-corrected chi connectivity index (χ0v) is 25.2. The van der Waals surface area contributed by atoms with Gasteiger partial charge < -0.3 is 15.4 Å². The summed E-state index contributed by atoms with van der Waals surface area (Å²) in [5, 5.41) is 5.48. The fraction of sp³-hybridized carbons (Fsp3) is 0.548. The molecule has 0 fully saturated rings. The number of ketones is 1. The number of carbonyl (C=O) groups is 6. The lowest BCUT2D eigenvalue weighted by Gasteiger charge is -2.24. The molecule has 10 heteroatoms. The van der Waals surface area contributed by atoms with E-state index >= 15 is 0 Å². The zero-order valence-electron chi connectivity index (χ0n) is 25.2. The predicted octanol–water partition coefficient (Wildman–Crippen LogP) is 3.72. The first-order valence-electron chi connectivity index (χ1n) is 14.1. The molecule has 2 N–H and O–H groups in total. The first-order valence-corrected chi connectivity index (χ1v) is 14.1. The van der Waals surface area contributed by atoms with Gasteiger partial charge in [-0.2, -0.15) is 0 Å². The van der Waals surface area contributed by atoms with Crippen LogP contribution in [0.3, 0.4) is 0 Å². The van der Waals surface area contributed by atoms with E-state index < -0.39 is 41.6 Å². The van der Waals surface area contributed by atoms with E-state index in [-0.39, 0.29) is 36.6 Å². The Hall–Kier alpha value is -3.82. The van der Waals surface area contributed by atoms with E-state index in [1.807, 2.05) is 12.1 Å². The number of hydrogen-bond donors (Lipinski definition) is 2. The number of Topliss-reactive ketones (excluding diaryl/α,β-unsaturated/α-hetero) is 1. The van der Waals surface area contributed by atoms with Gasteiger partial charge in [-0.1, -0.05) is 40.2 Å². The lowest BCUT2D eigenvalue weighted by atomic mass is 9.92. The van der Waals surface area contributed by atoms with Gasteiger partial charge in [-0.05, 0) is 62.8 Å². The molecule has 0 radical (unpaired) electrons. The molecule has 41 heavy (non-hydrogen) atoms. The highest BCUT2D eigenvalue weighted by Gasteiger charge is 2.31. The Bertz CT molecular complexity index is 1180. The van der Waals surface area contributed by atoms with Crippen LogP contribution >= 0.6 is 0 Å². The Kier molecular flexibility index (Phi) is 12.0. The van der Waals surface area contributed by atoms with Crippen LogP contribution in [0.15, 0.2) is 30.4 Å². The molecular weight excluding hydrogens is 526 g/mol. The predicted molar refractivity (Wildman–Crippen MR) is 154 cm³/mol. The summed E-state index contributed by atoms with van der Waals surface area (Å²) in [6.07, 6.45) is 4.73. The maximum atomic E-state index is 13.1. The standard InChI is InChI=1S/C31H43N3O7/c1-8-9-10-21-16-23(12-11-22(21)18-41-30(40)31(5,6)7)32-29(39)20(4)15-24(35)28(19(2)3)33-25(36)17-34-26(37)13-14-27(34)38/h11-14,16,19-20,28H,8-10,15,17-18H2,1-7H3,(H,32,39)(H,33,36)/t20-,28?/m1/s1. The van der Waals surface area contributed by atoms with Gasteiger partial charge in [0.05, 0.1) is 11.5 Å². The highest BCUT2D eigenvalue weighted by Crippen LogP contribution is 2.23. The van der Waals surface area contributed by atoms with E-state index in [1.165, 1.54) is 0 Å². The molecular formula is C31H43N3O7. The van der Waals surface area contributed by atoms with Gasteiger partial charge in [-0.15, -0.1) is 0 Å². The van der Waals surface area contributed by atoms with E-state index in [0.29, 0.717) is 5.69 Å². The van der Waals surface area contributed by atoms with Crippen molar-refractivity contribution in [1.82, 2.24) is 10.2 Å². The van der Waals surface area contributed by atoms with Crippen LogP contribution in [0, 0.1) is 17.3 Å². The van der Waals surface area contributed by atoms with Gasteiger partial charge in [0, 0.05) is 30.2 Å². The van der Waals surface area contributed by atoms with Gasteiger partial charge in [-0.25, -0.2) is 0 Å². The molecule has 0 spiro atoms. The number of aryl methyl sites for hydroxylation is 1. The number of unbranched alkanes of at least 4 members (excludes halogenated alkanes) is 1. The number of imide groups is 1. The van der Waals surface area contributed by atoms with Crippen molar-refractivity contribution in [3.63, 3.8) is 0 Å². The van der Waals surface area contributed by atoms with Gasteiger partial charge in [0.2, 0.25) is 11.8 Å². The van der Waals surface area contributed by atoms with Crippen LogP contribution in [0.5, 0.6) is 0 Å². The number of esters is 1. The molecule has 0 aromatic heterocycles. The average Bonchev–Trinajstić information content (AvgIpc) is 3.20. The maximum absolute atomic E-state index is 13.1. The quantitative estimate of drug-likeness (QED) is 0.257. The summed E-state index contributed by atoms with van der Waals surface area (Å²) in [5.41, 5.74) is 1.82. The van der Waals surface area contributed by atoms with Crippen LogP contribution in [0.2, 0.25) is 0 Å². The van der Waals surface area contributed by atoms with E-state index in [0.717, 1.165) is 47.4 Å². The Balaban J connectivity index is 2.02. The van der Waals surface area contributed by atoms with Crippen molar-refractivity contribution in [2.24, 2.45) is 17.3 Å². The molecule has 1 aliphatic heterocycles. The third-order valence-corrected chi connectivity index (χ3v) is 6.73. The molecule has 2 rings (SSSR count). The molecule has 2 atom stereocenters. The van der Waals surface area contributed by atoms with Gasteiger partial charge in [0.15, 0.2) is 5.78 Å². The molecule has 0 bridgehead atoms. The molecule has 1 aromatic carbocycles. The Morgan fingerprint density at radius 3 is 2.17 bits per heavy atom. The second-order valence-electron chi connectivity index (χ2n) is 11.9. The fourth-order valence-corrected chi connectivity index (χ4v) is 4.16. The van der Waals surface area contributed by atoms with Crippen LogP contribution < -0.4 is 10.6 Å². The highest BCUT2D eigenvalue weighted by molar-refractivity contribution is 6.14. The lowest BCUT2D eigenvalue weighted by molar-refractivity contribution is -0.154. The summed E-state index contributed by atoms with van der Waals surface area (Å²) in [6, 6.07) is 4.57. The topological polar surface area (TPSA) is 139 Å². The molecule has 1 aromatic rings. The van der Waals surface area contributed by atoms with E-state index in [4.69, 9.17) is 4.74 Å². The minimum atomic E-state index is -0.880. The molecule has 224 valence electrons. The van der Waals surface area contributed by atoms with Crippen molar-refractivity contribution in [1.29, 1.82) is 0 Å². The first kappa shape index (κ1) is 33.4. The number of ether oxygens (including phenoxy) is 1. The molecule has 1 aliphatic rings. The van der Waals surface area contributed by atoms with Gasteiger partial charge in [0.25, 0.3) is 11.8 Å². The number of amides is 4. The number of rotatable bonds is 14. The number of benzene rings is 1. The third kappa shape index (κ3) is 9.95. The summed E-state index contributed by atoms with van der Waals surface area (Å²) in [5.74, 6) is -3.72. The Labute approximate surface area is 242 Å². The monoisotopic (exact) mass is 569 g/mol. The summed E-state index contributed by atoms with van der Waals surface area (Å²) in [4.78, 5) is 75.1. The van der Waals surface area contributed by atoms with Crippen molar-refractivity contribution in [2.45, 2.75) is 86.8 Å². The molecule has 10 nitrogen and oxygen atoms in total. The maximum Gasteiger partial charge on any atom is 0.311 e. The number of nitrogens with one attached hydrogen (secondary N) is 2. The minimum Gasteiger partial charge on any atom is -0.460 e. The van der Waals surface area contributed by atoms with E-state index in [9.17, 15) is 28.8 Å². The summed E-state index contributed by atoms with van der Waals surface area (Å²) in [6.45, 7) is 12.3. The van der Waals surface area contributed by atoms with Gasteiger partial charge in [0.1, 0.15) is 13.2 Å². The second kappa shape index (κ2) is 14.7. The van der Waals surface area contributed by atoms with Crippen LogP contribution in [0.4, 0.5) is 5.69 Å². The van der Waals surface area contributed by atoms with Gasteiger partial charge in [-0.3, -0.25) is 33.7 Å². The number of anilines is 1. The van der Waals surface area contributed by atoms with Crippen molar-refractivity contribution in [3.8, 4) is 0 Å². The molecule has 0 saturated heterocycles. The van der Waals surface area contributed by atoms with E-state index in [1.54, 1.807) is 47.6 Å². The smallest absolute Gasteiger partial charge is 0.311 e. The van der Waals surface area contributed by atoms with Crippen LogP contribution in [-0.4, -0.2) is 52.9 Å². The fourth-order valence-electron chi connectivity index (χ4n) is 4.16. The lowest BCUT2D eigenvalue weighted by Crippen LogP contribution is -2.49. The average molecular weight is 570 g/mol. The Morgan fingerprint density at radius 2 is 1.61 bits per heavy atom. The summed E-state index contributed by atoms with van der Waals surface area (Å²) < 4.78 is 5.50. The molecule has 1 heterocycles. The first-order chi connectivity index (χ1) is 19.1.